The van der Waals surface area contributed by atoms with E-state index in [1.54, 1.807) is 0 Å². The number of hydrogen-bond acceptors (Lipinski definition) is 3. The van der Waals surface area contributed by atoms with Crippen molar-refractivity contribution in [2.24, 2.45) is 5.41 Å². The first kappa shape index (κ1) is 16.9. The van der Waals surface area contributed by atoms with E-state index in [0.717, 1.165) is 25.7 Å². The summed E-state index contributed by atoms with van der Waals surface area (Å²) in [4.78, 5) is -0.0209. The van der Waals surface area contributed by atoms with Crippen LogP contribution in [0, 0.1) is 5.41 Å². The van der Waals surface area contributed by atoms with Gasteiger partial charge in [0.2, 0.25) is 10.0 Å². The predicted octanol–water partition coefficient (Wildman–Crippen LogP) is 3.82. The Bertz CT molecular complexity index is 645. The predicted molar refractivity (Wildman–Crippen MR) is 87.2 cm³/mol. The minimum Gasteiger partial charge on any atom is -0.396 e. The summed E-state index contributed by atoms with van der Waals surface area (Å²) in [6.07, 6.45) is 3.97. The average molecular weight is 351 g/mol. The molecule has 0 aromatic heterocycles. The number of nitrogen functional groups attached to an aromatic ring is 1. The monoisotopic (exact) mass is 350 g/mol. The summed E-state index contributed by atoms with van der Waals surface area (Å²) < 4.78 is 27.9. The van der Waals surface area contributed by atoms with E-state index in [2.05, 4.69) is 18.6 Å². The van der Waals surface area contributed by atoms with Gasteiger partial charge in [0.1, 0.15) is 4.90 Å². The third-order valence-corrected chi connectivity index (χ3v) is 6.55. The number of nitrogens with one attached hydrogen (secondary N) is 1. The van der Waals surface area contributed by atoms with Gasteiger partial charge in [0, 0.05) is 6.04 Å². The highest BCUT2D eigenvalue weighted by molar-refractivity contribution is 7.89. The topological polar surface area (TPSA) is 72.2 Å². The van der Waals surface area contributed by atoms with Crippen molar-refractivity contribution in [2.75, 3.05) is 5.73 Å². The summed E-state index contributed by atoms with van der Waals surface area (Å²) in [5.41, 5.74) is 5.72. The smallest absolute Gasteiger partial charge is 0.242 e. The molecule has 1 aliphatic rings. The number of hydrogen-bond donors (Lipinski definition) is 2. The lowest BCUT2D eigenvalue weighted by Gasteiger charge is -2.38. The second kappa shape index (κ2) is 5.95. The summed E-state index contributed by atoms with van der Waals surface area (Å²) in [6, 6.07) is 2.73. The molecule has 1 aromatic carbocycles. The second-order valence-corrected chi connectivity index (χ2v) is 8.65. The van der Waals surface area contributed by atoms with Crippen LogP contribution < -0.4 is 10.5 Å². The van der Waals surface area contributed by atoms with Gasteiger partial charge in [-0.15, -0.1) is 0 Å². The Morgan fingerprint density at radius 1 is 1.29 bits per heavy atom. The zero-order chi connectivity index (χ0) is 15.8. The Morgan fingerprint density at radius 2 is 1.95 bits per heavy atom. The number of rotatable bonds is 3. The maximum Gasteiger partial charge on any atom is 0.242 e. The van der Waals surface area contributed by atoms with E-state index < -0.39 is 10.0 Å². The van der Waals surface area contributed by atoms with Gasteiger partial charge in [-0.25, -0.2) is 13.1 Å². The highest BCUT2D eigenvalue weighted by atomic mass is 35.5. The Balaban J connectivity index is 2.33. The van der Waals surface area contributed by atoms with E-state index in [1.807, 2.05) is 0 Å². The van der Waals surface area contributed by atoms with Gasteiger partial charge < -0.3 is 5.73 Å². The molecule has 0 heterocycles. The lowest BCUT2D eigenvalue weighted by molar-refractivity contribution is 0.188. The van der Waals surface area contributed by atoms with Crippen LogP contribution >= 0.6 is 23.2 Å². The highest BCUT2D eigenvalue weighted by Gasteiger charge is 2.35. The van der Waals surface area contributed by atoms with Crippen LogP contribution in [-0.2, 0) is 10.0 Å². The first-order valence-electron chi connectivity index (χ1n) is 6.91. The molecular formula is C14H20Cl2N2O2S. The first-order chi connectivity index (χ1) is 9.65. The fourth-order valence-corrected chi connectivity index (χ4v) is 4.93. The molecule has 4 nitrogen and oxygen atoms in total. The molecule has 1 aliphatic carbocycles. The van der Waals surface area contributed by atoms with E-state index in [1.165, 1.54) is 12.1 Å². The molecule has 0 amide bonds. The average Bonchev–Trinajstić information content (AvgIpc) is 2.38. The number of nitrogens with two attached hydrogens (primary N) is 1. The number of halogens is 2. The van der Waals surface area contributed by atoms with Gasteiger partial charge in [-0.2, -0.15) is 0 Å². The van der Waals surface area contributed by atoms with E-state index >= 15 is 0 Å². The molecule has 118 valence electrons. The molecule has 1 saturated carbocycles. The third kappa shape index (κ3) is 3.47. The van der Waals surface area contributed by atoms with Crippen LogP contribution in [0.3, 0.4) is 0 Å². The molecule has 21 heavy (non-hydrogen) atoms. The van der Waals surface area contributed by atoms with Gasteiger partial charge in [-0.05, 0) is 30.4 Å². The van der Waals surface area contributed by atoms with Crippen LogP contribution in [0.25, 0.3) is 0 Å². The Labute approximate surface area is 136 Å². The molecular weight excluding hydrogens is 331 g/mol. The third-order valence-electron chi connectivity index (χ3n) is 4.19. The van der Waals surface area contributed by atoms with Crippen LogP contribution in [0.4, 0.5) is 5.69 Å². The van der Waals surface area contributed by atoms with Crippen molar-refractivity contribution >= 4 is 38.9 Å². The summed E-state index contributed by atoms with van der Waals surface area (Å²) in [7, 11) is -3.72. The van der Waals surface area contributed by atoms with E-state index in [0.29, 0.717) is 0 Å². The van der Waals surface area contributed by atoms with Crippen LogP contribution in [0.1, 0.15) is 39.5 Å². The lowest BCUT2D eigenvalue weighted by Crippen LogP contribution is -2.46. The van der Waals surface area contributed by atoms with Crippen LogP contribution in [0.15, 0.2) is 17.0 Å². The van der Waals surface area contributed by atoms with Gasteiger partial charge in [0.05, 0.1) is 15.7 Å². The fourth-order valence-electron chi connectivity index (χ4n) is 2.72. The van der Waals surface area contributed by atoms with Gasteiger partial charge in [0.25, 0.3) is 0 Å². The zero-order valence-corrected chi connectivity index (χ0v) is 14.4. The molecule has 7 heteroatoms. The SMILES string of the molecule is CC1(C)CCCCC1NS(=O)(=O)c1ccc(Cl)c(N)c1Cl. The van der Waals surface area contributed by atoms with Crippen molar-refractivity contribution in [1.82, 2.24) is 4.72 Å². The molecule has 0 bridgehead atoms. The quantitative estimate of drug-likeness (QED) is 0.813. The van der Waals surface area contributed by atoms with Gasteiger partial charge in [0.15, 0.2) is 0 Å². The van der Waals surface area contributed by atoms with E-state index in [9.17, 15) is 8.42 Å². The summed E-state index contributed by atoms with van der Waals surface area (Å²) in [6.45, 7) is 4.16. The summed E-state index contributed by atoms with van der Waals surface area (Å²) in [5, 5.41) is 0.223. The Morgan fingerprint density at radius 3 is 2.57 bits per heavy atom. The standard InChI is InChI=1S/C14H20Cl2N2O2S/c1-14(2)8-4-3-5-11(14)18-21(19,20)10-7-6-9(15)13(17)12(10)16/h6-7,11,18H,3-5,8,17H2,1-2H3. The normalized spacial score (nSPS) is 22.2. The van der Waals surface area contributed by atoms with Crippen molar-refractivity contribution in [3.05, 3.63) is 22.2 Å². The van der Waals surface area contributed by atoms with Gasteiger partial charge >= 0.3 is 0 Å². The maximum atomic E-state index is 12.6. The number of sulfonamides is 1. The van der Waals surface area contributed by atoms with Crippen LogP contribution in [-0.4, -0.2) is 14.5 Å². The number of benzene rings is 1. The van der Waals surface area contributed by atoms with Crippen molar-refractivity contribution < 1.29 is 8.42 Å². The Kier molecular flexibility index (Phi) is 4.78. The van der Waals surface area contributed by atoms with Crippen LogP contribution in [0.5, 0.6) is 0 Å². The molecule has 1 fully saturated rings. The van der Waals surface area contributed by atoms with Crippen molar-refractivity contribution in [2.45, 2.75) is 50.5 Å². The fraction of sp³-hybridized carbons (Fsp3) is 0.571. The van der Waals surface area contributed by atoms with Crippen LogP contribution in [0.2, 0.25) is 10.0 Å². The molecule has 1 unspecified atom stereocenters. The summed E-state index contributed by atoms with van der Waals surface area (Å²) >= 11 is 11.9. The second-order valence-electron chi connectivity index (χ2n) is 6.18. The molecule has 3 N–H and O–H groups in total. The van der Waals surface area contributed by atoms with Crippen molar-refractivity contribution in [3.8, 4) is 0 Å². The van der Waals surface area contributed by atoms with Crippen molar-refractivity contribution in [1.29, 1.82) is 0 Å². The largest absolute Gasteiger partial charge is 0.396 e. The minimum absolute atomic E-state index is 0.0209. The highest BCUT2D eigenvalue weighted by Crippen LogP contribution is 2.38. The first-order valence-corrected chi connectivity index (χ1v) is 9.15. The molecule has 2 rings (SSSR count). The van der Waals surface area contributed by atoms with E-state index in [4.69, 9.17) is 28.9 Å². The molecule has 1 aromatic rings. The molecule has 0 spiro atoms. The maximum absolute atomic E-state index is 12.6. The lowest BCUT2D eigenvalue weighted by atomic mass is 9.74. The minimum atomic E-state index is -3.72. The van der Waals surface area contributed by atoms with E-state index in [-0.39, 0.29) is 32.1 Å². The van der Waals surface area contributed by atoms with Gasteiger partial charge in [-0.3, -0.25) is 0 Å². The molecule has 0 radical (unpaired) electrons. The molecule has 1 atom stereocenters. The van der Waals surface area contributed by atoms with Gasteiger partial charge in [-0.1, -0.05) is 49.9 Å². The summed E-state index contributed by atoms with van der Waals surface area (Å²) in [5.74, 6) is 0. The zero-order valence-electron chi connectivity index (χ0n) is 12.1. The number of anilines is 1. The molecule has 0 aliphatic heterocycles. The Hall–Kier alpha value is -0.490. The molecule has 0 saturated heterocycles. The van der Waals surface area contributed by atoms with Crippen molar-refractivity contribution in [3.63, 3.8) is 0 Å².